The molecule has 2 atom stereocenters. The molecule has 1 aliphatic rings. The number of para-hydroxylation sites is 1. The molecule has 0 aromatic heterocycles. The zero-order valence-corrected chi connectivity index (χ0v) is 10.4. The lowest BCUT2D eigenvalue weighted by Crippen LogP contribution is -2.23. The molecule has 0 saturated carbocycles. The zero-order chi connectivity index (χ0) is 14.0. The van der Waals surface area contributed by atoms with Crippen molar-refractivity contribution >= 4 is 17.6 Å². The SMILES string of the molecule is CC1CC(C(=O)Nc2cccc(C(=O)O)c2O)CO1. The summed E-state index contributed by atoms with van der Waals surface area (Å²) in [5, 5.41) is 21.2. The van der Waals surface area contributed by atoms with Crippen molar-refractivity contribution in [3.63, 3.8) is 0 Å². The molecular weight excluding hydrogens is 250 g/mol. The number of benzene rings is 1. The van der Waals surface area contributed by atoms with Crippen LogP contribution in [0.15, 0.2) is 18.2 Å². The van der Waals surface area contributed by atoms with E-state index in [2.05, 4.69) is 5.32 Å². The van der Waals surface area contributed by atoms with Gasteiger partial charge in [-0.15, -0.1) is 0 Å². The summed E-state index contributed by atoms with van der Waals surface area (Å²) in [5.74, 6) is -2.23. The number of hydrogen-bond donors (Lipinski definition) is 3. The molecule has 1 saturated heterocycles. The van der Waals surface area contributed by atoms with E-state index in [4.69, 9.17) is 9.84 Å². The molecule has 3 N–H and O–H groups in total. The lowest BCUT2D eigenvalue weighted by molar-refractivity contribution is -0.119. The van der Waals surface area contributed by atoms with Crippen LogP contribution < -0.4 is 5.32 Å². The summed E-state index contributed by atoms with van der Waals surface area (Å²) >= 11 is 0. The molecule has 1 fully saturated rings. The number of carbonyl (C=O) groups is 2. The Morgan fingerprint density at radius 3 is 2.74 bits per heavy atom. The first-order valence-electron chi connectivity index (χ1n) is 5.96. The zero-order valence-electron chi connectivity index (χ0n) is 10.4. The second-order valence-corrected chi connectivity index (χ2v) is 4.57. The standard InChI is InChI=1S/C13H15NO5/c1-7-5-8(6-19-7)12(16)14-10-4-2-3-9(11(10)15)13(17)18/h2-4,7-8,15H,5-6H2,1H3,(H,14,16)(H,17,18). The quantitative estimate of drug-likeness (QED) is 0.719. The van der Waals surface area contributed by atoms with Gasteiger partial charge in [-0.3, -0.25) is 4.79 Å². The summed E-state index contributed by atoms with van der Waals surface area (Å²) in [6.45, 7) is 2.22. The number of anilines is 1. The van der Waals surface area contributed by atoms with Gasteiger partial charge < -0.3 is 20.3 Å². The van der Waals surface area contributed by atoms with Crippen LogP contribution in [0.25, 0.3) is 0 Å². The molecule has 2 rings (SSSR count). The molecule has 0 bridgehead atoms. The van der Waals surface area contributed by atoms with Gasteiger partial charge in [0.05, 0.1) is 24.3 Å². The van der Waals surface area contributed by atoms with Gasteiger partial charge in [0.1, 0.15) is 5.56 Å². The average Bonchev–Trinajstić information content (AvgIpc) is 2.78. The number of aromatic hydroxyl groups is 1. The highest BCUT2D eigenvalue weighted by Crippen LogP contribution is 2.29. The van der Waals surface area contributed by atoms with Crippen molar-refractivity contribution in [2.45, 2.75) is 19.4 Å². The average molecular weight is 265 g/mol. The highest BCUT2D eigenvalue weighted by molar-refractivity contribution is 5.98. The summed E-state index contributed by atoms with van der Waals surface area (Å²) in [7, 11) is 0. The summed E-state index contributed by atoms with van der Waals surface area (Å²) < 4.78 is 5.30. The van der Waals surface area contributed by atoms with E-state index in [0.29, 0.717) is 13.0 Å². The van der Waals surface area contributed by atoms with E-state index >= 15 is 0 Å². The Hall–Kier alpha value is -2.08. The van der Waals surface area contributed by atoms with Gasteiger partial charge in [0.15, 0.2) is 5.75 Å². The Bertz CT molecular complexity index is 514. The summed E-state index contributed by atoms with van der Waals surface area (Å²) in [4.78, 5) is 22.8. The predicted molar refractivity (Wildman–Crippen MR) is 67.2 cm³/mol. The van der Waals surface area contributed by atoms with Crippen LogP contribution in [0.2, 0.25) is 0 Å². The molecule has 0 spiro atoms. The number of amides is 1. The molecule has 6 heteroatoms. The Balaban J connectivity index is 2.13. The second kappa shape index (κ2) is 5.27. The van der Waals surface area contributed by atoms with Crippen LogP contribution in [-0.2, 0) is 9.53 Å². The predicted octanol–water partition coefficient (Wildman–Crippen LogP) is 1.45. The molecule has 1 aliphatic heterocycles. The molecular formula is C13H15NO5. The van der Waals surface area contributed by atoms with Gasteiger partial charge in [-0.1, -0.05) is 6.07 Å². The fourth-order valence-corrected chi connectivity index (χ4v) is 2.05. The highest BCUT2D eigenvalue weighted by Gasteiger charge is 2.29. The second-order valence-electron chi connectivity index (χ2n) is 4.57. The van der Waals surface area contributed by atoms with Gasteiger partial charge in [-0.2, -0.15) is 0 Å². The Morgan fingerprint density at radius 1 is 1.42 bits per heavy atom. The normalized spacial score (nSPS) is 22.2. The number of rotatable bonds is 3. The van der Waals surface area contributed by atoms with Gasteiger partial charge in [-0.25, -0.2) is 4.79 Å². The minimum atomic E-state index is -1.24. The molecule has 1 aromatic carbocycles. The third-order valence-corrected chi connectivity index (χ3v) is 3.09. The van der Waals surface area contributed by atoms with Gasteiger partial charge in [0.25, 0.3) is 0 Å². The van der Waals surface area contributed by atoms with Crippen LogP contribution >= 0.6 is 0 Å². The van der Waals surface area contributed by atoms with Crippen molar-refractivity contribution in [2.75, 3.05) is 11.9 Å². The maximum atomic E-state index is 11.9. The van der Waals surface area contributed by atoms with Gasteiger partial charge in [0, 0.05) is 0 Å². The van der Waals surface area contributed by atoms with Crippen LogP contribution in [0.5, 0.6) is 5.75 Å². The van der Waals surface area contributed by atoms with E-state index < -0.39 is 11.7 Å². The van der Waals surface area contributed by atoms with Crippen molar-refractivity contribution in [3.8, 4) is 5.75 Å². The first-order chi connectivity index (χ1) is 8.99. The van der Waals surface area contributed by atoms with Crippen molar-refractivity contribution in [2.24, 2.45) is 5.92 Å². The Labute approximate surface area is 110 Å². The first-order valence-corrected chi connectivity index (χ1v) is 5.96. The molecule has 1 heterocycles. The molecule has 0 radical (unpaired) electrons. The van der Waals surface area contributed by atoms with Gasteiger partial charge in [-0.05, 0) is 25.5 Å². The van der Waals surface area contributed by atoms with E-state index in [0.717, 1.165) is 0 Å². The van der Waals surface area contributed by atoms with E-state index in [1.54, 1.807) is 0 Å². The monoisotopic (exact) mass is 265 g/mol. The lowest BCUT2D eigenvalue weighted by atomic mass is 10.1. The van der Waals surface area contributed by atoms with E-state index in [-0.39, 0.29) is 29.2 Å². The molecule has 1 aromatic rings. The molecule has 0 aliphatic carbocycles. The summed E-state index contributed by atoms with van der Waals surface area (Å²) in [6.07, 6.45) is 0.653. The van der Waals surface area contributed by atoms with Crippen molar-refractivity contribution in [3.05, 3.63) is 23.8 Å². The molecule has 2 unspecified atom stereocenters. The van der Waals surface area contributed by atoms with Gasteiger partial charge >= 0.3 is 5.97 Å². The number of aromatic carboxylic acids is 1. The van der Waals surface area contributed by atoms with E-state index in [9.17, 15) is 14.7 Å². The van der Waals surface area contributed by atoms with Crippen molar-refractivity contribution in [1.82, 2.24) is 0 Å². The smallest absolute Gasteiger partial charge is 0.339 e. The van der Waals surface area contributed by atoms with Crippen LogP contribution in [0.4, 0.5) is 5.69 Å². The van der Waals surface area contributed by atoms with E-state index in [1.807, 2.05) is 6.92 Å². The maximum absolute atomic E-state index is 11.9. The summed E-state index contributed by atoms with van der Waals surface area (Å²) in [5.41, 5.74) is -0.140. The van der Waals surface area contributed by atoms with Crippen LogP contribution in [0.1, 0.15) is 23.7 Å². The molecule has 1 amide bonds. The number of hydrogen-bond acceptors (Lipinski definition) is 4. The Kier molecular flexibility index (Phi) is 3.71. The number of carbonyl (C=O) groups excluding carboxylic acids is 1. The van der Waals surface area contributed by atoms with Crippen LogP contribution in [0, 0.1) is 5.92 Å². The molecule has 6 nitrogen and oxygen atoms in total. The number of phenols is 1. The van der Waals surface area contributed by atoms with Crippen molar-refractivity contribution in [1.29, 1.82) is 0 Å². The van der Waals surface area contributed by atoms with Gasteiger partial charge in [0.2, 0.25) is 5.91 Å². The van der Waals surface area contributed by atoms with E-state index in [1.165, 1.54) is 18.2 Å². The minimum absolute atomic E-state index is 0.0368. The third-order valence-electron chi connectivity index (χ3n) is 3.09. The third kappa shape index (κ3) is 2.85. The van der Waals surface area contributed by atoms with Crippen LogP contribution in [0.3, 0.4) is 0 Å². The van der Waals surface area contributed by atoms with Crippen molar-refractivity contribution < 1.29 is 24.5 Å². The number of nitrogens with one attached hydrogen (secondary N) is 1. The number of ether oxygens (including phenoxy) is 1. The van der Waals surface area contributed by atoms with Crippen LogP contribution in [-0.4, -0.2) is 34.8 Å². The molecule has 102 valence electrons. The number of carboxylic acids is 1. The maximum Gasteiger partial charge on any atom is 0.339 e. The topological polar surface area (TPSA) is 95.9 Å². The molecule has 19 heavy (non-hydrogen) atoms. The summed E-state index contributed by atoms with van der Waals surface area (Å²) in [6, 6.07) is 4.19. The number of carboxylic acid groups (broad SMARTS) is 1. The first kappa shape index (κ1) is 13.4. The largest absolute Gasteiger partial charge is 0.505 e. The Morgan fingerprint density at radius 2 is 2.16 bits per heavy atom. The fraction of sp³-hybridized carbons (Fsp3) is 0.385. The lowest BCUT2D eigenvalue weighted by Gasteiger charge is -2.11. The fourth-order valence-electron chi connectivity index (χ4n) is 2.05. The highest BCUT2D eigenvalue weighted by atomic mass is 16.5. The minimum Gasteiger partial charge on any atom is -0.505 e.